The number of amides is 1. The van der Waals surface area contributed by atoms with Gasteiger partial charge in [-0.3, -0.25) is 9.59 Å². The summed E-state index contributed by atoms with van der Waals surface area (Å²) in [5, 5.41) is 11.8. The lowest BCUT2D eigenvalue weighted by atomic mass is 10.0. The van der Waals surface area contributed by atoms with E-state index in [1.165, 1.54) is 0 Å². The normalized spacial score (nSPS) is 22.4. The van der Waals surface area contributed by atoms with Gasteiger partial charge in [0, 0.05) is 17.2 Å². The molecule has 1 aromatic heterocycles. The second-order valence-electron chi connectivity index (χ2n) is 4.39. The van der Waals surface area contributed by atoms with Crippen molar-refractivity contribution >= 4 is 27.8 Å². The van der Waals surface area contributed by atoms with Crippen molar-refractivity contribution < 1.29 is 19.4 Å². The Morgan fingerprint density at radius 2 is 2.32 bits per heavy atom. The van der Waals surface area contributed by atoms with Crippen LogP contribution in [0.4, 0.5) is 0 Å². The first-order chi connectivity index (χ1) is 9.02. The highest BCUT2D eigenvalue weighted by Gasteiger charge is 2.35. The number of carboxylic acid groups (broad SMARTS) is 1. The molecule has 0 radical (unpaired) electrons. The quantitative estimate of drug-likeness (QED) is 0.866. The third-order valence-corrected chi connectivity index (χ3v) is 3.58. The third-order valence-electron chi connectivity index (χ3n) is 3.15. The van der Waals surface area contributed by atoms with Gasteiger partial charge in [0.05, 0.1) is 19.3 Å². The minimum atomic E-state index is -0.949. The van der Waals surface area contributed by atoms with Gasteiger partial charge in [0.25, 0.3) is 5.91 Å². The van der Waals surface area contributed by atoms with Gasteiger partial charge in [-0.05, 0) is 28.9 Å². The number of aliphatic carboxylic acids is 1. The Labute approximate surface area is 118 Å². The first kappa shape index (κ1) is 14.1. The number of carbonyl (C=O) groups is 2. The van der Waals surface area contributed by atoms with Crippen molar-refractivity contribution in [1.82, 2.24) is 9.88 Å². The maximum atomic E-state index is 12.2. The van der Waals surface area contributed by atoms with Crippen molar-refractivity contribution in [3.63, 3.8) is 0 Å². The minimum Gasteiger partial charge on any atom is -0.481 e. The number of ether oxygens (including phenoxy) is 1. The Balaban J connectivity index is 2.10. The Morgan fingerprint density at radius 1 is 1.58 bits per heavy atom. The van der Waals surface area contributed by atoms with E-state index in [0.29, 0.717) is 12.2 Å². The second kappa shape index (κ2) is 5.75. The van der Waals surface area contributed by atoms with Crippen LogP contribution in [-0.4, -0.2) is 40.8 Å². The first-order valence-corrected chi connectivity index (χ1v) is 6.79. The van der Waals surface area contributed by atoms with E-state index in [-0.39, 0.29) is 19.1 Å². The van der Waals surface area contributed by atoms with Gasteiger partial charge in [0.15, 0.2) is 0 Å². The number of halogens is 1. The smallest absolute Gasteiger partial charge is 0.311 e. The number of aryl methyl sites for hydroxylation is 1. The first-order valence-electron chi connectivity index (χ1n) is 6.00. The highest BCUT2D eigenvalue weighted by atomic mass is 79.9. The number of nitrogens with zero attached hydrogens (tertiary/aromatic N) is 1. The average molecular weight is 331 g/mol. The molecular formula is C12H15BrN2O4. The summed E-state index contributed by atoms with van der Waals surface area (Å²) in [6.07, 6.45) is 1.81. The van der Waals surface area contributed by atoms with E-state index >= 15 is 0 Å². The van der Waals surface area contributed by atoms with Gasteiger partial charge < -0.3 is 19.7 Å². The zero-order valence-corrected chi connectivity index (χ0v) is 12.0. The molecular weight excluding hydrogens is 316 g/mol. The predicted molar refractivity (Wildman–Crippen MR) is 71.0 cm³/mol. The molecule has 19 heavy (non-hydrogen) atoms. The summed E-state index contributed by atoms with van der Waals surface area (Å²) < 4.78 is 7.73. The van der Waals surface area contributed by atoms with E-state index in [0.717, 1.165) is 4.47 Å². The van der Waals surface area contributed by atoms with E-state index in [1.807, 2.05) is 13.1 Å². The number of carbonyl (C=O) groups excluding carboxylic acids is 1. The van der Waals surface area contributed by atoms with Crippen LogP contribution in [0.1, 0.15) is 17.4 Å². The molecule has 1 aromatic rings. The highest BCUT2D eigenvalue weighted by molar-refractivity contribution is 9.10. The van der Waals surface area contributed by atoms with Crippen molar-refractivity contribution in [2.24, 2.45) is 5.92 Å². The molecule has 2 N–H and O–H groups in total. The third kappa shape index (κ3) is 2.98. The van der Waals surface area contributed by atoms with Crippen LogP contribution < -0.4 is 5.32 Å². The summed E-state index contributed by atoms with van der Waals surface area (Å²) in [6, 6.07) is 1.23. The number of hydrogen-bond acceptors (Lipinski definition) is 3. The molecule has 1 saturated heterocycles. The van der Waals surface area contributed by atoms with Gasteiger partial charge in [0.2, 0.25) is 0 Å². The van der Waals surface area contributed by atoms with Gasteiger partial charge >= 0.3 is 5.97 Å². The Morgan fingerprint density at radius 3 is 2.95 bits per heavy atom. The maximum Gasteiger partial charge on any atom is 0.311 e. The molecule has 0 aromatic carbocycles. The number of nitrogens with one attached hydrogen (secondary N) is 1. The van der Waals surface area contributed by atoms with Gasteiger partial charge in [-0.25, -0.2) is 0 Å². The molecule has 1 fully saturated rings. The van der Waals surface area contributed by atoms with E-state index in [4.69, 9.17) is 9.84 Å². The van der Waals surface area contributed by atoms with Crippen LogP contribution in [0.3, 0.4) is 0 Å². The summed E-state index contributed by atoms with van der Waals surface area (Å²) in [6.45, 7) is 2.97. The molecule has 0 saturated carbocycles. The number of hydrogen-bond donors (Lipinski definition) is 2. The molecule has 2 unspecified atom stereocenters. The van der Waals surface area contributed by atoms with Crippen molar-refractivity contribution in [2.75, 3.05) is 13.2 Å². The van der Waals surface area contributed by atoms with E-state index < -0.39 is 17.9 Å². The molecule has 104 valence electrons. The molecule has 1 aliphatic heterocycles. The minimum absolute atomic E-state index is 0.138. The zero-order valence-electron chi connectivity index (χ0n) is 10.4. The van der Waals surface area contributed by atoms with Crippen LogP contribution in [0.15, 0.2) is 16.7 Å². The lowest BCUT2D eigenvalue weighted by molar-refractivity contribution is -0.142. The van der Waals surface area contributed by atoms with Crippen LogP contribution in [0, 0.1) is 5.92 Å². The van der Waals surface area contributed by atoms with Crippen LogP contribution in [-0.2, 0) is 16.1 Å². The SMILES string of the molecule is CCn1cc(Br)cc1C(=O)NC1COCC1C(=O)O. The molecule has 2 rings (SSSR count). The summed E-state index contributed by atoms with van der Waals surface area (Å²) in [7, 11) is 0. The molecule has 0 bridgehead atoms. The summed E-state index contributed by atoms with van der Waals surface area (Å²) >= 11 is 3.32. The Hall–Kier alpha value is -1.34. The molecule has 7 heteroatoms. The summed E-state index contributed by atoms with van der Waals surface area (Å²) in [5.41, 5.74) is 0.505. The summed E-state index contributed by atoms with van der Waals surface area (Å²) in [5.74, 6) is -1.92. The predicted octanol–water partition coefficient (Wildman–Crippen LogP) is 1.10. The van der Waals surface area contributed by atoms with Gasteiger partial charge in [-0.1, -0.05) is 0 Å². The van der Waals surface area contributed by atoms with Crippen molar-refractivity contribution in [1.29, 1.82) is 0 Å². The monoisotopic (exact) mass is 330 g/mol. The standard InChI is InChI=1S/C12H15BrN2O4/c1-2-15-4-7(13)3-10(15)11(16)14-9-6-19-5-8(9)12(17)18/h3-4,8-9H,2,5-6H2,1H3,(H,14,16)(H,17,18). The number of rotatable bonds is 4. The summed E-state index contributed by atoms with van der Waals surface area (Å²) in [4.78, 5) is 23.2. The molecule has 0 spiro atoms. The molecule has 2 heterocycles. The average Bonchev–Trinajstić information content (AvgIpc) is 2.95. The number of aromatic nitrogens is 1. The zero-order chi connectivity index (χ0) is 14.0. The van der Waals surface area contributed by atoms with Crippen molar-refractivity contribution in [3.8, 4) is 0 Å². The fraction of sp³-hybridized carbons (Fsp3) is 0.500. The molecule has 2 atom stereocenters. The van der Waals surface area contributed by atoms with Crippen LogP contribution >= 0.6 is 15.9 Å². The molecule has 1 aliphatic rings. The molecule has 1 amide bonds. The van der Waals surface area contributed by atoms with E-state index in [9.17, 15) is 9.59 Å². The van der Waals surface area contributed by atoms with Crippen molar-refractivity contribution in [2.45, 2.75) is 19.5 Å². The lowest BCUT2D eigenvalue weighted by Crippen LogP contribution is -2.43. The fourth-order valence-corrected chi connectivity index (χ4v) is 2.57. The molecule has 0 aliphatic carbocycles. The Bertz CT molecular complexity index is 500. The van der Waals surface area contributed by atoms with Crippen molar-refractivity contribution in [3.05, 3.63) is 22.4 Å². The molecule has 6 nitrogen and oxygen atoms in total. The van der Waals surface area contributed by atoms with Crippen LogP contribution in [0.2, 0.25) is 0 Å². The topological polar surface area (TPSA) is 80.6 Å². The Kier molecular flexibility index (Phi) is 4.26. The van der Waals surface area contributed by atoms with E-state index in [1.54, 1.807) is 10.6 Å². The van der Waals surface area contributed by atoms with Gasteiger partial charge in [-0.15, -0.1) is 0 Å². The highest BCUT2D eigenvalue weighted by Crippen LogP contribution is 2.17. The second-order valence-corrected chi connectivity index (χ2v) is 5.31. The van der Waals surface area contributed by atoms with Crippen LogP contribution in [0.25, 0.3) is 0 Å². The maximum absolute atomic E-state index is 12.2. The van der Waals surface area contributed by atoms with E-state index in [2.05, 4.69) is 21.2 Å². The fourth-order valence-electron chi connectivity index (χ4n) is 2.11. The largest absolute Gasteiger partial charge is 0.481 e. The number of carboxylic acids is 1. The van der Waals surface area contributed by atoms with Gasteiger partial charge in [0.1, 0.15) is 11.6 Å². The van der Waals surface area contributed by atoms with Crippen LogP contribution in [0.5, 0.6) is 0 Å². The lowest BCUT2D eigenvalue weighted by Gasteiger charge is -2.16. The van der Waals surface area contributed by atoms with Gasteiger partial charge in [-0.2, -0.15) is 0 Å².